The summed E-state index contributed by atoms with van der Waals surface area (Å²) in [5, 5.41) is 8.94. The number of nitrogens with zero attached hydrogens (tertiary/aromatic N) is 3. The Hall–Kier alpha value is -1.86. The molecule has 6 nitrogen and oxygen atoms in total. The van der Waals surface area contributed by atoms with Gasteiger partial charge in [0.25, 0.3) is 0 Å². The van der Waals surface area contributed by atoms with Gasteiger partial charge in [0, 0.05) is 13.1 Å². The number of carbonyl (C=O) groups is 1. The molecular weight excluding hydrogens is 290 g/mol. The van der Waals surface area contributed by atoms with Crippen molar-refractivity contribution in [3.8, 4) is 11.5 Å². The van der Waals surface area contributed by atoms with E-state index in [1.807, 2.05) is 23.1 Å². The SMILES string of the molecule is O=C(CSc1ccc(-c2ccco2)nn1)N1CCOCC1. The first-order valence-electron chi connectivity index (χ1n) is 6.69. The predicted molar refractivity (Wildman–Crippen MR) is 77.9 cm³/mol. The number of carbonyl (C=O) groups excluding carboxylic acids is 1. The van der Waals surface area contributed by atoms with Crippen molar-refractivity contribution in [2.75, 3.05) is 32.1 Å². The molecule has 0 spiro atoms. The van der Waals surface area contributed by atoms with Gasteiger partial charge in [-0.25, -0.2) is 0 Å². The van der Waals surface area contributed by atoms with Gasteiger partial charge in [0.05, 0.1) is 25.2 Å². The van der Waals surface area contributed by atoms with Crippen LogP contribution in [0, 0.1) is 0 Å². The first kappa shape index (κ1) is 14.1. The van der Waals surface area contributed by atoms with Crippen molar-refractivity contribution in [3.63, 3.8) is 0 Å². The summed E-state index contributed by atoms with van der Waals surface area (Å²) in [6.07, 6.45) is 1.60. The third-order valence-corrected chi connectivity index (χ3v) is 4.03. The minimum absolute atomic E-state index is 0.111. The van der Waals surface area contributed by atoms with Crippen LogP contribution in [-0.2, 0) is 9.53 Å². The topological polar surface area (TPSA) is 68.5 Å². The highest BCUT2D eigenvalue weighted by atomic mass is 32.2. The first-order valence-corrected chi connectivity index (χ1v) is 7.67. The molecule has 1 fully saturated rings. The minimum atomic E-state index is 0.111. The zero-order chi connectivity index (χ0) is 14.5. The number of amides is 1. The van der Waals surface area contributed by atoms with E-state index in [0.717, 1.165) is 5.03 Å². The summed E-state index contributed by atoms with van der Waals surface area (Å²) in [4.78, 5) is 13.8. The smallest absolute Gasteiger partial charge is 0.233 e. The van der Waals surface area contributed by atoms with Crippen LogP contribution in [0.25, 0.3) is 11.5 Å². The van der Waals surface area contributed by atoms with Gasteiger partial charge in [-0.3, -0.25) is 4.79 Å². The molecule has 0 atom stereocenters. The summed E-state index contributed by atoms with van der Waals surface area (Å²) in [5.74, 6) is 1.16. The van der Waals surface area contributed by atoms with Crippen molar-refractivity contribution in [1.82, 2.24) is 15.1 Å². The van der Waals surface area contributed by atoms with Gasteiger partial charge in [-0.15, -0.1) is 10.2 Å². The van der Waals surface area contributed by atoms with Crippen LogP contribution in [-0.4, -0.2) is 53.1 Å². The molecule has 21 heavy (non-hydrogen) atoms. The van der Waals surface area contributed by atoms with Crippen molar-refractivity contribution < 1.29 is 13.9 Å². The number of rotatable bonds is 4. The number of ether oxygens (including phenoxy) is 1. The van der Waals surface area contributed by atoms with Crippen LogP contribution in [0.1, 0.15) is 0 Å². The van der Waals surface area contributed by atoms with Gasteiger partial charge in [0.1, 0.15) is 10.7 Å². The second-order valence-corrected chi connectivity index (χ2v) is 5.51. The highest BCUT2D eigenvalue weighted by Gasteiger charge is 2.17. The van der Waals surface area contributed by atoms with Crippen LogP contribution < -0.4 is 0 Å². The third-order valence-electron chi connectivity index (χ3n) is 3.12. The van der Waals surface area contributed by atoms with Crippen molar-refractivity contribution in [1.29, 1.82) is 0 Å². The van der Waals surface area contributed by atoms with Gasteiger partial charge in [-0.1, -0.05) is 11.8 Å². The molecule has 7 heteroatoms. The number of hydrogen-bond donors (Lipinski definition) is 0. The van der Waals surface area contributed by atoms with Crippen molar-refractivity contribution >= 4 is 17.7 Å². The molecule has 1 amide bonds. The molecule has 1 saturated heterocycles. The summed E-state index contributed by atoms with van der Waals surface area (Å²) in [5.41, 5.74) is 0.684. The van der Waals surface area contributed by atoms with E-state index in [2.05, 4.69) is 10.2 Å². The molecule has 110 valence electrons. The number of thioether (sulfide) groups is 1. The maximum absolute atomic E-state index is 12.0. The summed E-state index contributed by atoms with van der Waals surface area (Å²) in [7, 11) is 0. The zero-order valence-electron chi connectivity index (χ0n) is 11.4. The molecule has 3 rings (SSSR count). The summed E-state index contributed by atoms with van der Waals surface area (Å²) < 4.78 is 10.5. The average molecular weight is 305 g/mol. The normalized spacial score (nSPS) is 15.1. The van der Waals surface area contributed by atoms with Crippen LogP contribution >= 0.6 is 11.8 Å². The summed E-state index contributed by atoms with van der Waals surface area (Å²) in [6.45, 7) is 2.58. The van der Waals surface area contributed by atoms with Gasteiger partial charge in [-0.2, -0.15) is 0 Å². The second kappa shape index (κ2) is 6.73. The number of furan rings is 1. The molecule has 0 aliphatic carbocycles. The Bertz CT molecular complexity index is 580. The molecule has 1 aliphatic rings. The molecule has 0 bridgehead atoms. The Morgan fingerprint density at radius 3 is 2.76 bits per heavy atom. The largest absolute Gasteiger partial charge is 0.463 e. The van der Waals surface area contributed by atoms with E-state index in [1.165, 1.54) is 11.8 Å². The van der Waals surface area contributed by atoms with E-state index < -0.39 is 0 Å². The fraction of sp³-hybridized carbons (Fsp3) is 0.357. The third kappa shape index (κ3) is 3.62. The lowest BCUT2D eigenvalue weighted by molar-refractivity contribution is -0.132. The van der Waals surface area contributed by atoms with E-state index in [4.69, 9.17) is 9.15 Å². The molecular formula is C14H15N3O3S. The molecule has 1 aliphatic heterocycles. The highest BCUT2D eigenvalue weighted by Crippen LogP contribution is 2.20. The minimum Gasteiger partial charge on any atom is -0.463 e. The second-order valence-electron chi connectivity index (χ2n) is 4.52. The molecule has 0 radical (unpaired) electrons. The van der Waals surface area contributed by atoms with E-state index in [9.17, 15) is 4.79 Å². The Kier molecular flexibility index (Phi) is 4.52. The fourth-order valence-electron chi connectivity index (χ4n) is 1.99. The van der Waals surface area contributed by atoms with Gasteiger partial charge >= 0.3 is 0 Å². The average Bonchev–Trinajstić information content (AvgIpc) is 3.08. The van der Waals surface area contributed by atoms with Crippen molar-refractivity contribution in [2.24, 2.45) is 0 Å². The van der Waals surface area contributed by atoms with Gasteiger partial charge in [-0.05, 0) is 24.3 Å². The van der Waals surface area contributed by atoms with E-state index >= 15 is 0 Å². The lowest BCUT2D eigenvalue weighted by Crippen LogP contribution is -2.41. The molecule has 2 aromatic heterocycles. The molecule has 0 N–H and O–H groups in total. The van der Waals surface area contributed by atoms with Gasteiger partial charge in [0.15, 0.2) is 5.76 Å². The summed E-state index contributed by atoms with van der Waals surface area (Å²) in [6, 6.07) is 7.33. The number of morpholine rings is 1. The highest BCUT2D eigenvalue weighted by molar-refractivity contribution is 7.99. The van der Waals surface area contributed by atoms with Gasteiger partial charge in [0.2, 0.25) is 5.91 Å². The fourth-order valence-corrected chi connectivity index (χ4v) is 2.71. The lowest BCUT2D eigenvalue weighted by atomic mass is 10.3. The summed E-state index contributed by atoms with van der Waals surface area (Å²) >= 11 is 1.39. The maximum atomic E-state index is 12.0. The quantitative estimate of drug-likeness (QED) is 0.801. The number of hydrogen-bond acceptors (Lipinski definition) is 6. The van der Waals surface area contributed by atoms with E-state index in [0.29, 0.717) is 43.5 Å². The lowest BCUT2D eigenvalue weighted by Gasteiger charge is -2.26. The molecule has 0 aromatic carbocycles. The Labute approximate surface area is 126 Å². The predicted octanol–water partition coefficient (Wildman–Crippen LogP) is 1.69. The van der Waals surface area contributed by atoms with Crippen LogP contribution in [0.5, 0.6) is 0 Å². The molecule has 3 heterocycles. The van der Waals surface area contributed by atoms with Gasteiger partial charge < -0.3 is 14.1 Å². The van der Waals surface area contributed by atoms with Crippen LogP contribution in [0.4, 0.5) is 0 Å². The monoisotopic (exact) mass is 305 g/mol. The van der Waals surface area contributed by atoms with Crippen LogP contribution in [0.2, 0.25) is 0 Å². The molecule has 0 unspecified atom stereocenters. The Morgan fingerprint density at radius 1 is 1.24 bits per heavy atom. The van der Waals surface area contributed by atoms with Crippen molar-refractivity contribution in [2.45, 2.75) is 5.03 Å². The van der Waals surface area contributed by atoms with Crippen molar-refractivity contribution in [3.05, 3.63) is 30.5 Å². The van der Waals surface area contributed by atoms with Crippen LogP contribution in [0.15, 0.2) is 40.0 Å². The van der Waals surface area contributed by atoms with Crippen LogP contribution in [0.3, 0.4) is 0 Å². The van der Waals surface area contributed by atoms with E-state index in [1.54, 1.807) is 12.3 Å². The Balaban J connectivity index is 1.54. The Morgan fingerprint density at radius 2 is 2.10 bits per heavy atom. The van der Waals surface area contributed by atoms with E-state index in [-0.39, 0.29) is 5.91 Å². The first-order chi connectivity index (χ1) is 10.3. The molecule has 2 aromatic rings. The number of aromatic nitrogens is 2. The maximum Gasteiger partial charge on any atom is 0.233 e. The molecule has 0 saturated carbocycles. The standard InChI is InChI=1S/C14H15N3O3S/c18-14(17-5-8-19-9-6-17)10-21-13-4-3-11(15-16-13)12-2-1-7-20-12/h1-4,7H,5-6,8-10H2. The zero-order valence-corrected chi connectivity index (χ0v) is 12.2.